The zero-order valence-electron chi connectivity index (χ0n) is 11.8. The van der Waals surface area contributed by atoms with E-state index in [2.05, 4.69) is 15.7 Å². The van der Waals surface area contributed by atoms with E-state index in [1.807, 2.05) is 25.6 Å². The summed E-state index contributed by atoms with van der Waals surface area (Å²) in [5.41, 5.74) is 3.17. The predicted molar refractivity (Wildman–Crippen MR) is 71.8 cm³/mol. The third-order valence-corrected chi connectivity index (χ3v) is 3.55. The molecule has 0 bridgehead atoms. The summed E-state index contributed by atoms with van der Waals surface area (Å²) in [4.78, 5) is 11.9. The predicted octanol–water partition coefficient (Wildman–Crippen LogP) is 0.0316. The summed E-state index contributed by atoms with van der Waals surface area (Å²) in [6.45, 7) is 6.67. The second kappa shape index (κ2) is 6.16. The summed E-state index contributed by atoms with van der Waals surface area (Å²) in [6, 6.07) is 0.129. The van der Waals surface area contributed by atoms with Crippen molar-refractivity contribution in [3.05, 3.63) is 17.0 Å². The molecule has 1 fully saturated rings. The Morgan fingerprint density at radius 3 is 2.95 bits per heavy atom. The van der Waals surface area contributed by atoms with Crippen LogP contribution in [0, 0.1) is 13.8 Å². The highest BCUT2D eigenvalue weighted by Gasteiger charge is 2.17. The van der Waals surface area contributed by atoms with Gasteiger partial charge in [0.25, 0.3) is 0 Å². The van der Waals surface area contributed by atoms with Crippen molar-refractivity contribution < 1.29 is 9.53 Å². The molecule has 0 radical (unpaired) electrons. The Bertz CT molecular complexity index is 450. The number of aromatic nitrogens is 2. The maximum atomic E-state index is 11.9. The fraction of sp³-hybridized carbons (Fsp3) is 0.692. The molecule has 0 saturated carbocycles. The smallest absolute Gasteiger partial charge is 0.221 e. The quantitative estimate of drug-likeness (QED) is 0.807. The fourth-order valence-electron chi connectivity index (χ4n) is 2.31. The number of amides is 1. The van der Waals surface area contributed by atoms with Crippen molar-refractivity contribution in [1.29, 1.82) is 0 Å². The van der Waals surface area contributed by atoms with Crippen molar-refractivity contribution in [2.45, 2.75) is 32.9 Å². The lowest BCUT2D eigenvalue weighted by Gasteiger charge is -2.23. The van der Waals surface area contributed by atoms with Gasteiger partial charge < -0.3 is 15.4 Å². The lowest BCUT2D eigenvalue weighted by molar-refractivity contribution is -0.122. The third kappa shape index (κ3) is 3.54. The minimum absolute atomic E-state index is 0.0469. The van der Waals surface area contributed by atoms with Crippen molar-refractivity contribution in [3.63, 3.8) is 0 Å². The van der Waals surface area contributed by atoms with Crippen LogP contribution in [0.4, 0.5) is 0 Å². The second-order valence-electron chi connectivity index (χ2n) is 4.98. The minimum atomic E-state index is 0.0469. The average Bonchev–Trinajstić information content (AvgIpc) is 2.62. The van der Waals surface area contributed by atoms with Gasteiger partial charge in [-0.05, 0) is 13.8 Å². The lowest BCUT2D eigenvalue weighted by Crippen LogP contribution is -2.44. The molecule has 6 nitrogen and oxygen atoms in total. The van der Waals surface area contributed by atoms with Gasteiger partial charge >= 0.3 is 0 Å². The molecule has 1 aliphatic rings. The average molecular weight is 266 g/mol. The molecule has 1 aromatic rings. The van der Waals surface area contributed by atoms with Gasteiger partial charge in [0.2, 0.25) is 5.91 Å². The first-order valence-electron chi connectivity index (χ1n) is 6.65. The SMILES string of the molecule is Cc1nn(C)c(C)c1CNC(=O)CC1COCCN1. The maximum Gasteiger partial charge on any atom is 0.221 e. The first-order valence-corrected chi connectivity index (χ1v) is 6.65. The van der Waals surface area contributed by atoms with Gasteiger partial charge in [-0.25, -0.2) is 0 Å². The molecule has 6 heteroatoms. The molecule has 1 aromatic heterocycles. The van der Waals surface area contributed by atoms with Gasteiger partial charge in [0.05, 0.1) is 18.9 Å². The molecule has 2 N–H and O–H groups in total. The molecule has 0 spiro atoms. The highest BCUT2D eigenvalue weighted by Crippen LogP contribution is 2.11. The molecule has 2 heterocycles. The van der Waals surface area contributed by atoms with E-state index in [0.717, 1.165) is 30.1 Å². The normalized spacial score (nSPS) is 19.4. The van der Waals surface area contributed by atoms with Gasteiger partial charge in [-0.15, -0.1) is 0 Å². The number of morpholine rings is 1. The fourth-order valence-corrected chi connectivity index (χ4v) is 2.31. The van der Waals surface area contributed by atoms with Crippen LogP contribution in [-0.4, -0.2) is 41.5 Å². The van der Waals surface area contributed by atoms with E-state index in [9.17, 15) is 4.79 Å². The first kappa shape index (κ1) is 14.0. The Kier molecular flexibility index (Phi) is 4.55. The zero-order valence-corrected chi connectivity index (χ0v) is 11.8. The molecule has 1 saturated heterocycles. The van der Waals surface area contributed by atoms with E-state index >= 15 is 0 Å². The molecule has 106 valence electrons. The molecular formula is C13H22N4O2. The van der Waals surface area contributed by atoms with Crippen LogP contribution < -0.4 is 10.6 Å². The largest absolute Gasteiger partial charge is 0.378 e. The van der Waals surface area contributed by atoms with E-state index in [1.54, 1.807) is 0 Å². The van der Waals surface area contributed by atoms with Crippen LogP contribution in [-0.2, 0) is 23.1 Å². The molecule has 1 atom stereocenters. The van der Waals surface area contributed by atoms with Gasteiger partial charge in [-0.3, -0.25) is 9.48 Å². The molecule has 1 amide bonds. The summed E-state index contributed by atoms with van der Waals surface area (Å²) in [6.07, 6.45) is 0.457. The Morgan fingerprint density at radius 2 is 2.37 bits per heavy atom. The van der Waals surface area contributed by atoms with Gasteiger partial charge in [0.1, 0.15) is 0 Å². The number of aryl methyl sites for hydroxylation is 2. The summed E-state index contributed by atoms with van der Waals surface area (Å²) >= 11 is 0. The summed E-state index contributed by atoms with van der Waals surface area (Å²) in [5.74, 6) is 0.0469. The van der Waals surface area contributed by atoms with Gasteiger partial charge in [0, 0.05) is 43.9 Å². The molecule has 1 unspecified atom stereocenters. The number of hydrogen-bond acceptors (Lipinski definition) is 4. The van der Waals surface area contributed by atoms with Crippen molar-refractivity contribution in [1.82, 2.24) is 20.4 Å². The van der Waals surface area contributed by atoms with Crippen molar-refractivity contribution in [3.8, 4) is 0 Å². The summed E-state index contributed by atoms with van der Waals surface area (Å²) in [5, 5.41) is 10.6. The summed E-state index contributed by atoms with van der Waals surface area (Å²) in [7, 11) is 1.91. The first-order chi connectivity index (χ1) is 9.08. The lowest BCUT2D eigenvalue weighted by atomic mass is 10.1. The Labute approximate surface area is 113 Å². The van der Waals surface area contributed by atoms with E-state index < -0.39 is 0 Å². The number of hydrogen-bond donors (Lipinski definition) is 2. The standard InChI is InChI=1S/C13H22N4O2/c1-9-12(10(2)17(3)16-9)7-15-13(18)6-11-8-19-5-4-14-11/h11,14H,4-8H2,1-3H3,(H,15,18). The van der Waals surface area contributed by atoms with Crippen LogP contribution in [0.5, 0.6) is 0 Å². The molecule has 2 rings (SSSR count). The van der Waals surface area contributed by atoms with Crippen molar-refractivity contribution in [2.75, 3.05) is 19.8 Å². The highest BCUT2D eigenvalue weighted by molar-refractivity contribution is 5.76. The van der Waals surface area contributed by atoms with Crippen LogP contribution in [0.2, 0.25) is 0 Å². The monoisotopic (exact) mass is 266 g/mol. The van der Waals surface area contributed by atoms with Crippen molar-refractivity contribution >= 4 is 5.91 Å². The van der Waals surface area contributed by atoms with Gasteiger partial charge in [0.15, 0.2) is 0 Å². The van der Waals surface area contributed by atoms with E-state index in [1.165, 1.54) is 0 Å². The minimum Gasteiger partial charge on any atom is -0.378 e. The summed E-state index contributed by atoms with van der Waals surface area (Å²) < 4.78 is 7.17. The Morgan fingerprint density at radius 1 is 1.58 bits per heavy atom. The molecular weight excluding hydrogens is 244 g/mol. The van der Waals surface area contributed by atoms with Crippen molar-refractivity contribution in [2.24, 2.45) is 7.05 Å². The maximum absolute atomic E-state index is 11.9. The highest BCUT2D eigenvalue weighted by atomic mass is 16.5. The molecule has 1 aliphatic heterocycles. The van der Waals surface area contributed by atoms with Crippen LogP contribution >= 0.6 is 0 Å². The third-order valence-electron chi connectivity index (χ3n) is 3.55. The molecule has 0 aliphatic carbocycles. The number of ether oxygens (including phenoxy) is 1. The van der Waals surface area contributed by atoms with Crippen LogP contribution in [0.15, 0.2) is 0 Å². The second-order valence-corrected chi connectivity index (χ2v) is 4.98. The van der Waals surface area contributed by atoms with Gasteiger partial charge in [-0.2, -0.15) is 5.10 Å². The number of nitrogens with zero attached hydrogens (tertiary/aromatic N) is 2. The Balaban J connectivity index is 1.82. The molecule has 0 aromatic carbocycles. The number of nitrogens with one attached hydrogen (secondary N) is 2. The van der Waals surface area contributed by atoms with Gasteiger partial charge in [-0.1, -0.05) is 0 Å². The number of carbonyl (C=O) groups excluding carboxylic acids is 1. The van der Waals surface area contributed by atoms with Crippen LogP contribution in [0.25, 0.3) is 0 Å². The Hall–Kier alpha value is -1.40. The van der Waals surface area contributed by atoms with E-state index in [-0.39, 0.29) is 11.9 Å². The number of carbonyl (C=O) groups is 1. The number of rotatable bonds is 4. The van der Waals surface area contributed by atoms with Crippen LogP contribution in [0.1, 0.15) is 23.4 Å². The topological polar surface area (TPSA) is 68.2 Å². The van der Waals surface area contributed by atoms with E-state index in [4.69, 9.17) is 4.74 Å². The van der Waals surface area contributed by atoms with Crippen LogP contribution in [0.3, 0.4) is 0 Å². The zero-order chi connectivity index (χ0) is 13.8. The van der Waals surface area contributed by atoms with E-state index in [0.29, 0.717) is 19.6 Å². The molecule has 19 heavy (non-hydrogen) atoms.